The fourth-order valence-corrected chi connectivity index (χ4v) is 10.6. The van der Waals surface area contributed by atoms with Gasteiger partial charge in [0, 0.05) is 89.7 Å². The van der Waals surface area contributed by atoms with E-state index in [4.69, 9.17) is 0 Å². The summed E-state index contributed by atoms with van der Waals surface area (Å²) in [4.78, 5) is 11.4. The average Bonchev–Trinajstić information content (AvgIpc) is 4.03. The number of benzene rings is 4. The second-order valence-electron chi connectivity index (χ2n) is 15.3. The van der Waals surface area contributed by atoms with E-state index in [1.54, 1.807) is 36.5 Å². The van der Waals surface area contributed by atoms with Crippen LogP contribution in [0.4, 0.5) is 0 Å². The number of sulfonamides is 2. The largest absolute Gasteiger partial charge is 0.361 e. The van der Waals surface area contributed by atoms with Crippen molar-refractivity contribution < 1.29 is 16.8 Å². The number of aromatic amines is 2. The third-order valence-corrected chi connectivity index (χ3v) is 14.8. The molecule has 4 N–H and O–H groups in total. The molecule has 2 unspecified atom stereocenters. The van der Waals surface area contributed by atoms with Crippen LogP contribution in [-0.4, -0.2) is 85.5 Å². The monoisotopic (exact) mass is 832 g/mol. The second-order valence-corrected chi connectivity index (χ2v) is 18.9. The summed E-state index contributed by atoms with van der Waals surface area (Å²) in [5.41, 5.74) is 7.46. The third kappa shape index (κ3) is 7.72. The molecule has 0 aliphatic rings. The van der Waals surface area contributed by atoms with Gasteiger partial charge in [0.1, 0.15) is 0 Å². The van der Waals surface area contributed by atoms with Gasteiger partial charge in [0.2, 0.25) is 20.0 Å². The quantitative estimate of drug-likeness (QED) is 0.0790. The Hall–Kier alpha value is -5.22. The van der Waals surface area contributed by atoms with E-state index in [2.05, 4.69) is 102 Å². The second kappa shape index (κ2) is 16.1. The number of nitrogens with one attached hydrogen (secondary N) is 4. The molecule has 0 spiro atoms. The summed E-state index contributed by atoms with van der Waals surface area (Å²) in [6.07, 6.45) is 5.98. The first-order valence-electron chi connectivity index (χ1n) is 20.1. The lowest BCUT2D eigenvalue weighted by molar-refractivity contribution is 0.221. The van der Waals surface area contributed by atoms with E-state index >= 15 is 0 Å². The molecular weight excluding hydrogens is 781 g/mol. The zero-order chi connectivity index (χ0) is 41.6. The van der Waals surface area contributed by atoms with Crippen LogP contribution in [0.3, 0.4) is 0 Å². The fraction of sp³-hybridized carbons (Fsp3) is 0.289. The lowest BCUT2D eigenvalue weighted by atomic mass is 10.0. The number of rotatable bonds is 16. The van der Waals surface area contributed by atoms with Gasteiger partial charge in [-0.15, -0.1) is 0 Å². The predicted molar refractivity (Wildman–Crippen MR) is 239 cm³/mol. The molecule has 59 heavy (non-hydrogen) atoms. The van der Waals surface area contributed by atoms with Crippen LogP contribution >= 0.6 is 0 Å². The highest BCUT2D eigenvalue weighted by Crippen LogP contribution is 2.35. The first-order valence-corrected chi connectivity index (χ1v) is 23.0. The molecule has 0 bridgehead atoms. The number of nitrogens with zero attached hydrogens (tertiary/aromatic N) is 4. The molecule has 2 atom stereocenters. The van der Waals surface area contributed by atoms with Crippen LogP contribution in [0.15, 0.2) is 119 Å². The van der Waals surface area contributed by atoms with Crippen molar-refractivity contribution >= 4 is 63.7 Å². The zero-order valence-corrected chi connectivity index (χ0v) is 36.0. The fourth-order valence-electron chi connectivity index (χ4n) is 8.48. The summed E-state index contributed by atoms with van der Waals surface area (Å²) in [5.74, 6) is 0. The number of aryl methyl sites for hydroxylation is 2. The molecule has 0 amide bonds. The molecule has 308 valence electrons. The highest BCUT2D eigenvalue weighted by molar-refractivity contribution is 7.89. The minimum Gasteiger partial charge on any atom is -0.361 e. The van der Waals surface area contributed by atoms with Gasteiger partial charge in [0.05, 0.1) is 21.9 Å². The summed E-state index contributed by atoms with van der Waals surface area (Å²) < 4.78 is 64.9. The van der Waals surface area contributed by atoms with Gasteiger partial charge < -0.3 is 19.1 Å². The molecule has 4 heterocycles. The summed E-state index contributed by atoms with van der Waals surface area (Å²) in [5, 5.41) is 3.96. The van der Waals surface area contributed by atoms with Gasteiger partial charge in [-0.2, -0.15) is 0 Å². The number of H-pyrrole nitrogens is 2. The summed E-state index contributed by atoms with van der Waals surface area (Å²) in [6.45, 7) is 8.92. The van der Waals surface area contributed by atoms with E-state index < -0.39 is 20.0 Å². The molecule has 0 saturated heterocycles. The molecule has 0 aliphatic heterocycles. The molecule has 8 rings (SSSR count). The first-order chi connectivity index (χ1) is 28.3. The van der Waals surface area contributed by atoms with E-state index in [1.165, 1.54) is 0 Å². The van der Waals surface area contributed by atoms with Crippen LogP contribution in [0.1, 0.15) is 44.0 Å². The minimum absolute atomic E-state index is 0.152. The van der Waals surface area contributed by atoms with Crippen LogP contribution in [0.2, 0.25) is 0 Å². The Bertz CT molecular complexity index is 3030. The molecule has 4 aromatic carbocycles. The Morgan fingerprint density at radius 1 is 0.644 bits per heavy atom. The van der Waals surface area contributed by atoms with Crippen LogP contribution in [0.25, 0.3) is 54.9 Å². The molecule has 12 nitrogen and oxygen atoms in total. The van der Waals surface area contributed by atoms with E-state index in [0.717, 1.165) is 73.6 Å². The van der Waals surface area contributed by atoms with Gasteiger partial charge in [-0.25, -0.2) is 26.3 Å². The van der Waals surface area contributed by atoms with Crippen molar-refractivity contribution in [2.24, 2.45) is 14.1 Å². The summed E-state index contributed by atoms with van der Waals surface area (Å²) >= 11 is 0. The molecule has 4 aromatic heterocycles. The van der Waals surface area contributed by atoms with Crippen LogP contribution in [0.5, 0.6) is 0 Å². The topological polar surface area (TPSA) is 140 Å². The normalized spacial score (nSPS) is 13.8. The van der Waals surface area contributed by atoms with Gasteiger partial charge in [0.15, 0.2) is 0 Å². The van der Waals surface area contributed by atoms with Crippen molar-refractivity contribution in [3.63, 3.8) is 0 Å². The number of hydrogen-bond acceptors (Lipinski definition) is 6. The lowest BCUT2D eigenvalue weighted by Crippen LogP contribution is -2.38. The van der Waals surface area contributed by atoms with Gasteiger partial charge in [-0.05, 0) is 103 Å². The molecule has 0 radical (unpaired) electrons. The number of hydrogen-bond donors (Lipinski definition) is 4. The van der Waals surface area contributed by atoms with Crippen molar-refractivity contribution in [3.8, 4) is 11.3 Å². The highest BCUT2D eigenvalue weighted by Gasteiger charge is 2.27. The molecule has 0 saturated carbocycles. The highest BCUT2D eigenvalue weighted by atomic mass is 32.2. The van der Waals surface area contributed by atoms with Crippen LogP contribution in [-0.2, 0) is 34.1 Å². The Morgan fingerprint density at radius 3 is 1.93 bits per heavy atom. The van der Waals surface area contributed by atoms with Gasteiger partial charge in [-0.3, -0.25) is 9.80 Å². The smallest absolute Gasteiger partial charge is 0.240 e. The molecule has 14 heteroatoms. The van der Waals surface area contributed by atoms with Crippen molar-refractivity contribution in [2.75, 3.05) is 39.8 Å². The molecule has 0 fully saturated rings. The van der Waals surface area contributed by atoms with E-state index in [9.17, 15) is 16.8 Å². The lowest BCUT2D eigenvalue weighted by Gasteiger charge is -2.30. The first kappa shape index (κ1) is 40.6. The summed E-state index contributed by atoms with van der Waals surface area (Å²) in [6, 6.07) is 28.3. The minimum atomic E-state index is -3.86. The number of likely N-dealkylation sites (N-methyl/N-ethyl adjacent to an activating group) is 2. The molecule has 0 aliphatic carbocycles. The average molecular weight is 833 g/mol. The van der Waals surface area contributed by atoms with Crippen molar-refractivity contribution in [3.05, 3.63) is 121 Å². The zero-order valence-electron chi connectivity index (χ0n) is 34.3. The van der Waals surface area contributed by atoms with Crippen molar-refractivity contribution in [1.82, 2.24) is 38.3 Å². The summed E-state index contributed by atoms with van der Waals surface area (Å²) in [7, 11) is -1.64. The number of para-hydroxylation sites is 1. The Labute approximate surface area is 345 Å². The van der Waals surface area contributed by atoms with Gasteiger partial charge in [-0.1, -0.05) is 57.2 Å². The van der Waals surface area contributed by atoms with E-state index in [-0.39, 0.29) is 35.0 Å². The standard InChI is InChI=1S/C45H52N8O4S2/c1-7-50(4)44(26-47-58(54,55)33-17-14-30-20-21-46-39(30)24-33)38-29-52(6)43-19-16-31(22-36(38)43)40-23-32-15-18-34(25-41(32)49-40)59(56,57)48-27-45(53(8-2)9-3)37-28-51(5)42-13-11-10-12-35(37)42/h10-25,28-29,44-49H,7-9,26-27H2,1-6H3. The maximum Gasteiger partial charge on any atom is 0.240 e. The van der Waals surface area contributed by atoms with Gasteiger partial charge >= 0.3 is 0 Å². The Kier molecular flexibility index (Phi) is 11.1. The van der Waals surface area contributed by atoms with E-state index in [0.29, 0.717) is 12.1 Å². The molecule has 8 aromatic rings. The van der Waals surface area contributed by atoms with Crippen molar-refractivity contribution in [1.29, 1.82) is 0 Å². The predicted octanol–water partition coefficient (Wildman–Crippen LogP) is 7.63. The maximum atomic E-state index is 13.9. The van der Waals surface area contributed by atoms with Crippen LogP contribution in [0, 0.1) is 0 Å². The number of fused-ring (bicyclic) bond motifs is 4. The number of aromatic nitrogens is 4. The van der Waals surface area contributed by atoms with Gasteiger partial charge in [0.25, 0.3) is 0 Å². The van der Waals surface area contributed by atoms with Crippen LogP contribution < -0.4 is 9.44 Å². The molecular formula is C45H52N8O4S2. The Balaban J connectivity index is 1.06. The third-order valence-electron chi connectivity index (χ3n) is 11.9. The SMILES string of the molecule is CCN(C)C(CNS(=O)(=O)c1ccc2cc[nH]c2c1)c1cn(C)c2ccc(-c3cc4ccc(S(=O)(=O)NCC(c5cn(C)c6ccccc56)N(CC)CC)cc4[nH]3)cc12. The Morgan fingerprint density at radius 2 is 1.25 bits per heavy atom. The van der Waals surface area contributed by atoms with E-state index in [1.807, 2.05) is 51.5 Å². The van der Waals surface area contributed by atoms with Crippen molar-refractivity contribution in [2.45, 2.75) is 42.6 Å². The maximum absolute atomic E-state index is 13.9.